The summed E-state index contributed by atoms with van der Waals surface area (Å²) >= 11 is 0. The predicted molar refractivity (Wildman–Crippen MR) is 106 cm³/mol. The van der Waals surface area contributed by atoms with Gasteiger partial charge in [-0.1, -0.05) is 12.1 Å². The quantitative estimate of drug-likeness (QED) is 0.536. The maximum atomic E-state index is 12.2. The van der Waals surface area contributed by atoms with E-state index < -0.39 is 17.8 Å². The molecule has 0 saturated carbocycles. The number of carbonyl (C=O) groups excluding carboxylic acids is 3. The number of esters is 1. The molecule has 0 aliphatic carbocycles. The molecule has 2 rings (SSSR count). The first kappa shape index (κ1) is 21.0. The number of benzene rings is 2. The summed E-state index contributed by atoms with van der Waals surface area (Å²) in [4.78, 5) is 36.2. The van der Waals surface area contributed by atoms with Crippen LogP contribution in [0.25, 0.3) is 0 Å². The molecule has 2 N–H and O–H groups in total. The van der Waals surface area contributed by atoms with Gasteiger partial charge in [-0.3, -0.25) is 9.59 Å². The smallest absolute Gasteiger partial charge is 0.340 e. The molecule has 0 saturated heterocycles. The fraction of sp³-hybridized carbons (Fsp3) is 0.286. The molecule has 0 spiro atoms. The molecule has 0 heterocycles. The van der Waals surface area contributed by atoms with Crippen LogP contribution in [0.5, 0.6) is 5.75 Å². The fourth-order valence-corrected chi connectivity index (χ4v) is 2.41. The minimum absolute atomic E-state index is 0.0571. The summed E-state index contributed by atoms with van der Waals surface area (Å²) in [6.07, 6.45) is -0.330. The lowest BCUT2D eigenvalue weighted by molar-refractivity contribution is -0.123. The highest BCUT2D eigenvalue weighted by Gasteiger charge is 2.16. The van der Waals surface area contributed by atoms with Gasteiger partial charge in [-0.05, 0) is 57.2 Å². The Morgan fingerprint density at radius 2 is 1.57 bits per heavy atom. The van der Waals surface area contributed by atoms with Gasteiger partial charge in [0.1, 0.15) is 12.2 Å². The number of hydrogen-bond donors (Lipinski definition) is 2. The second kappa shape index (κ2) is 10.1. The molecule has 2 amide bonds. The Morgan fingerprint density at radius 3 is 2.21 bits per heavy atom. The average Bonchev–Trinajstić information content (AvgIpc) is 2.63. The van der Waals surface area contributed by atoms with Crippen molar-refractivity contribution in [1.82, 2.24) is 0 Å². The molecule has 0 radical (unpaired) electrons. The molecule has 0 bridgehead atoms. The van der Waals surface area contributed by atoms with E-state index >= 15 is 0 Å². The van der Waals surface area contributed by atoms with Gasteiger partial charge >= 0.3 is 5.97 Å². The highest BCUT2D eigenvalue weighted by atomic mass is 16.5. The second-order valence-electron chi connectivity index (χ2n) is 6.23. The molecule has 7 heteroatoms. The number of para-hydroxylation sites is 1. The van der Waals surface area contributed by atoms with Crippen LogP contribution in [0.15, 0.2) is 48.5 Å². The van der Waals surface area contributed by atoms with Gasteiger partial charge in [0.05, 0.1) is 24.0 Å². The summed E-state index contributed by atoms with van der Waals surface area (Å²) in [5.74, 6) is -0.842. The minimum Gasteiger partial charge on any atom is -0.491 e. The molecule has 0 unspecified atom stereocenters. The van der Waals surface area contributed by atoms with E-state index in [4.69, 9.17) is 9.47 Å². The van der Waals surface area contributed by atoms with Crippen molar-refractivity contribution < 1.29 is 23.9 Å². The van der Waals surface area contributed by atoms with Gasteiger partial charge in [-0.15, -0.1) is 0 Å². The number of hydrogen-bond acceptors (Lipinski definition) is 5. The summed E-state index contributed by atoms with van der Waals surface area (Å²) in [5, 5.41) is 5.23. The first-order valence-corrected chi connectivity index (χ1v) is 9.01. The number of carbonyl (C=O) groups is 3. The van der Waals surface area contributed by atoms with Gasteiger partial charge in [0.2, 0.25) is 11.8 Å². The highest BCUT2D eigenvalue weighted by Crippen LogP contribution is 2.18. The molecule has 0 atom stereocenters. The van der Waals surface area contributed by atoms with E-state index in [9.17, 15) is 14.4 Å². The predicted octanol–water partition coefficient (Wildman–Crippen LogP) is 3.62. The highest BCUT2D eigenvalue weighted by molar-refractivity contribution is 6.09. The van der Waals surface area contributed by atoms with Crippen molar-refractivity contribution in [1.29, 1.82) is 0 Å². The van der Waals surface area contributed by atoms with E-state index in [0.717, 1.165) is 0 Å². The van der Waals surface area contributed by atoms with Crippen LogP contribution in [0, 0.1) is 0 Å². The van der Waals surface area contributed by atoms with Crippen LogP contribution in [0.2, 0.25) is 0 Å². The van der Waals surface area contributed by atoms with E-state index in [0.29, 0.717) is 17.1 Å². The van der Waals surface area contributed by atoms with Gasteiger partial charge in [0.15, 0.2) is 0 Å². The van der Waals surface area contributed by atoms with Gasteiger partial charge < -0.3 is 20.1 Å². The minimum atomic E-state index is -0.536. The van der Waals surface area contributed by atoms with E-state index in [1.54, 1.807) is 55.5 Å². The van der Waals surface area contributed by atoms with Crippen molar-refractivity contribution in [3.8, 4) is 5.75 Å². The third-order valence-electron chi connectivity index (χ3n) is 3.53. The molecule has 2 aromatic rings. The van der Waals surface area contributed by atoms with Crippen molar-refractivity contribution in [2.24, 2.45) is 0 Å². The second-order valence-corrected chi connectivity index (χ2v) is 6.23. The van der Waals surface area contributed by atoms with Crippen LogP contribution in [0.3, 0.4) is 0 Å². The Labute approximate surface area is 164 Å². The van der Waals surface area contributed by atoms with E-state index in [2.05, 4.69) is 10.6 Å². The number of nitrogens with one attached hydrogen (secondary N) is 2. The van der Waals surface area contributed by atoms with Gasteiger partial charge in [0.25, 0.3) is 0 Å². The van der Waals surface area contributed by atoms with Crippen molar-refractivity contribution >= 4 is 29.2 Å². The first-order valence-electron chi connectivity index (χ1n) is 9.01. The fourth-order valence-electron chi connectivity index (χ4n) is 2.41. The summed E-state index contributed by atoms with van der Waals surface area (Å²) in [6, 6.07) is 13.4. The molecule has 28 heavy (non-hydrogen) atoms. The maximum absolute atomic E-state index is 12.2. The molecule has 0 aliphatic rings. The van der Waals surface area contributed by atoms with Crippen LogP contribution in [0.1, 0.15) is 37.6 Å². The van der Waals surface area contributed by atoms with Crippen LogP contribution in [-0.2, 0) is 14.3 Å². The number of anilines is 2. The lowest BCUT2D eigenvalue weighted by Gasteiger charge is -2.11. The van der Waals surface area contributed by atoms with Crippen LogP contribution in [0.4, 0.5) is 11.4 Å². The van der Waals surface area contributed by atoms with Crippen LogP contribution in [-0.4, -0.2) is 30.5 Å². The topological polar surface area (TPSA) is 93.7 Å². The van der Waals surface area contributed by atoms with E-state index in [1.807, 2.05) is 13.8 Å². The lowest BCUT2D eigenvalue weighted by Crippen LogP contribution is -2.22. The third kappa shape index (κ3) is 6.42. The first-order chi connectivity index (χ1) is 13.4. The molecule has 0 aromatic heterocycles. The Hall–Kier alpha value is -3.35. The third-order valence-corrected chi connectivity index (χ3v) is 3.53. The number of rotatable bonds is 8. The zero-order valence-corrected chi connectivity index (χ0v) is 16.2. The Balaban J connectivity index is 1.93. The summed E-state index contributed by atoms with van der Waals surface area (Å²) in [6.45, 7) is 5.78. The van der Waals surface area contributed by atoms with E-state index in [1.165, 1.54) is 0 Å². The monoisotopic (exact) mass is 384 g/mol. The molecule has 7 nitrogen and oxygen atoms in total. The molecule has 148 valence electrons. The molecular formula is C21H24N2O5. The Kier molecular flexibility index (Phi) is 7.56. The normalized spacial score (nSPS) is 10.3. The Bertz CT molecular complexity index is 831. The summed E-state index contributed by atoms with van der Waals surface area (Å²) < 4.78 is 10.5. The van der Waals surface area contributed by atoms with Crippen molar-refractivity contribution in [2.75, 3.05) is 17.2 Å². The molecule has 0 aliphatic heterocycles. The van der Waals surface area contributed by atoms with Crippen LogP contribution >= 0.6 is 0 Å². The summed E-state index contributed by atoms with van der Waals surface area (Å²) in [5.41, 5.74) is 1.09. The molecule has 0 fully saturated rings. The zero-order valence-electron chi connectivity index (χ0n) is 16.2. The van der Waals surface area contributed by atoms with Gasteiger partial charge in [0, 0.05) is 5.69 Å². The van der Waals surface area contributed by atoms with E-state index in [-0.39, 0.29) is 24.7 Å². The maximum Gasteiger partial charge on any atom is 0.340 e. The average molecular weight is 384 g/mol. The van der Waals surface area contributed by atoms with Crippen molar-refractivity contribution in [3.05, 3.63) is 54.1 Å². The number of amides is 2. The van der Waals surface area contributed by atoms with Crippen molar-refractivity contribution in [3.63, 3.8) is 0 Å². The Morgan fingerprint density at radius 1 is 0.929 bits per heavy atom. The standard InChI is InChI=1S/C21H24N2O5/c1-4-27-21(26)17-7-5-6-8-18(17)23-20(25)13-19(24)22-15-9-11-16(12-10-15)28-14(2)3/h5-12,14H,4,13H2,1-3H3,(H,22,24)(H,23,25). The molecule has 2 aromatic carbocycles. The lowest BCUT2D eigenvalue weighted by atomic mass is 10.1. The SMILES string of the molecule is CCOC(=O)c1ccccc1NC(=O)CC(=O)Nc1ccc(OC(C)C)cc1. The summed E-state index contributed by atoms with van der Waals surface area (Å²) in [7, 11) is 0. The molecular weight excluding hydrogens is 360 g/mol. The van der Waals surface area contributed by atoms with Crippen LogP contribution < -0.4 is 15.4 Å². The number of ether oxygens (including phenoxy) is 2. The largest absolute Gasteiger partial charge is 0.491 e. The van der Waals surface area contributed by atoms with Gasteiger partial charge in [-0.25, -0.2) is 4.79 Å². The zero-order chi connectivity index (χ0) is 20.5. The van der Waals surface area contributed by atoms with Gasteiger partial charge in [-0.2, -0.15) is 0 Å². The van der Waals surface area contributed by atoms with Crippen molar-refractivity contribution in [2.45, 2.75) is 33.3 Å².